The fourth-order valence-corrected chi connectivity index (χ4v) is 19.6. The molecule has 4 saturated carbocycles. The number of carbonyl (C=O) groups excluding carboxylic acids is 4. The minimum Gasteiger partial charge on any atom is -0.476 e. The highest BCUT2D eigenvalue weighted by Crippen LogP contribution is 2.72. The number of benzene rings is 2. The predicted octanol–water partition coefficient (Wildman–Crippen LogP) is 11.3. The van der Waals surface area contributed by atoms with E-state index in [1.54, 1.807) is 22.7 Å². The molecule has 0 radical (unpaired) electrons. The monoisotopic (exact) mass is 1370 g/mol. The van der Waals surface area contributed by atoms with E-state index in [1.165, 1.54) is 11.3 Å². The van der Waals surface area contributed by atoms with Crippen molar-refractivity contribution in [2.24, 2.45) is 21.7 Å². The number of para-hydroxylation sites is 1. The third kappa shape index (κ3) is 14.6. The van der Waals surface area contributed by atoms with Crippen molar-refractivity contribution in [1.29, 1.82) is 0 Å². The molecule has 8 heterocycles. The van der Waals surface area contributed by atoms with E-state index in [4.69, 9.17) is 24.9 Å². The predicted molar refractivity (Wildman–Crippen MR) is 380 cm³/mol. The summed E-state index contributed by atoms with van der Waals surface area (Å²) in [6, 6.07) is 18.0. The van der Waals surface area contributed by atoms with Crippen LogP contribution < -0.4 is 20.9 Å². The van der Waals surface area contributed by atoms with Crippen molar-refractivity contribution in [1.82, 2.24) is 60.3 Å². The number of aryl methyl sites for hydroxylation is 1. The van der Waals surface area contributed by atoms with Crippen LogP contribution in [0.2, 0.25) is 0 Å². The van der Waals surface area contributed by atoms with Crippen LogP contribution in [-0.4, -0.2) is 166 Å². The molecule has 3 aliphatic heterocycles. The molecule has 22 nitrogen and oxygen atoms in total. The summed E-state index contributed by atoms with van der Waals surface area (Å²) in [5.41, 5.74) is 9.15. The fourth-order valence-electron chi connectivity index (χ4n) is 18.0. The number of aromatic nitrogens is 7. The topological polar surface area (TPSA) is 266 Å². The van der Waals surface area contributed by atoms with E-state index >= 15 is 0 Å². The molecular weight excluding hydrogens is 1280 g/mol. The van der Waals surface area contributed by atoms with E-state index < -0.39 is 29.6 Å². The molecule has 4 bridgehead atoms. The highest BCUT2D eigenvalue weighted by molar-refractivity contribution is 7.22. The maximum atomic E-state index is 14.2. The number of thiazole rings is 2. The van der Waals surface area contributed by atoms with E-state index in [9.17, 15) is 34.2 Å². The first kappa shape index (κ1) is 68.7. The smallest absolute Gasteiger partial charge is 0.355 e. The van der Waals surface area contributed by atoms with Gasteiger partial charge in [-0.05, 0) is 142 Å². The molecule has 5 aromatic heterocycles. The van der Waals surface area contributed by atoms with Gasteiger partial charge in [-0.1, -0.05) is 95.2 Å². The number of carbonyl (C=O) groups is 5. The van der Waals surface area contributed by atoms with Crippen molar-refractivity contribution in [2.45, 2.75) is 189 Å². The standard InChI is InChI=1S/C74H94N14O8S2/c1-46-52-16-15-27-86(65(52)83-82-64(46)81-69-78-55-17-13-14-18-57(55)98-69)58-26-25-53(61(79-58)68(94)95)54-36-77-88(48(54)3)44-73-39-71(7)38-72(8,40-73)42-74(41-71,43-73)96-33-32-84-28-30-85(31-29-84)60(91)20-12-10-9-11-19-59(90)80-63(70(4,5)6)67(93)87-37-51(89)34-56(87)66(92)75-35-49-21-23-50(24-22-49)62-47(2)76-45-97-62/h13-14,17-18,21-26,36,45,51,56,63,89H,9-12,15-16,19-20,27-35,37-44H2,1-8H3,(H,75,92)(H,80,90)(H,94,95)(H,78,81,82)/t51-,56+,63-,71?,72?,73?,74?/m1/s1. The number of rotatable bonds is 24. The first-order chi connectivity index (χ1) is 46.8. The first-order valence-electron chi connectivity index (χ1n) is 35.1. The molecule has 7 aromatic rings. The third-order valence-corrected chi connectivity index (χ3v) is 23.5. The summed E-state index contributed by atoms with van der Waals surface area (Å²) in [4.78, 5) is 90.7. The molecular formula is C74H94N14O8S2. The van der Waals surface area contributed by atoms with Gasteiger partial charge in [0, 0.05) is 106 Å². The Balaban J connectivity index is 0.551. The number of piperazine rings is 1. The number of anilines is 4. The zero-order valence-corrected chi connectivity index (χ0v) is 59.6. The number of carboxylic acid groups (broad SMARTS) is 1. The van der Waals surface area contributed by atoms with Crippen molar-refractivity contribution in [2.75, 3.05) is 62.6 Å². The molecule has 6 fully saturated rings. The number of aromatic carboxylic acids is 1. The van der Waals surface area contributed by atoms with Gasteiger partial charge in [-0.3, -0.25) is 28.8 Å². The highest BCUT2D eigenvalue weighted by atomic mass is 32.1. The molecule has 2 unspecified atom stereocenters. The summed E-state index contributed by atoms with van der Waals surface area (Å²) in [6.45, 7) is 22.6. The number of unbranched alkanes of at least 4 members (excludes halogenated alkanes) is 3. The van der Waals surface area contributed by atoms with E-state index in [-0.39, 0.29) is 77.1 Å². The lowest BCUT2D eigenvalue weighted by molar-refractivity contribution is -0.249. The lowest BCUT2D eigenvalue weighted by Gasteiger charge is -2.69. The summed E-state index contributed by atoms with van der Waals surface area (Å²) in [6.07, 6.45) is 12.7. The van der Waals surface area contributed by atoms with E-state index in [0.29, 0.717) is 62.1 Å². The molecule has 0 spiro atoms. The SMILES string of the molecule is Cc1ncsc1-c1ccc(CNC(=O)[C@@H]2C[C@@H](O)CN2C(=O)[C@@H](NC(=O)CCCCCCC(=O)N2CCN(CCOC34CC5(C)CC(C)(CC(Cn6ncc(-c7ccc(N8CCCc9c8nnc(Nc8nc%10ccccc%10s8)c9C)nc7C(=O)O)c6C)(C5)C3)C4)CC2)C(C)(C)C)cc1. The van der Waals surface area contributed by atoms with Crippen LogP contribution in [0.25, 0.3) is 31.8 Å². The van der Waals surface area contributed by atoms with Gasteiger partial charge in [0.1, 0.15) is 17.9 Å². The summed E-state index contributed by atoms with van der Waals surface area (Å²) in [7, 11) is 0. The number of likely N-dealkylation sites (tertiary alicyclic amines) is 1. The summed E-state index contributed by atoms with van der Waals surface area (Å²) in [5.74, 6) is -0.0891. The van der Waals surface area contributed by atoms with Crippen LogP contribution in [0.15, 0.2) is 72.4 Å². The van der Waals surface area contributed by atoms with Gasteiger partial charge in [-0.25, -0.2) is 19.7 Å². The number of carboxylic acids is 1. The van der Waals surface area contributed by atoms with Crippen LogP contribution in [0.3, 0.4) is 0 Å². The molecule has 5 N–H and O–H groups in total. The lowest BCUT2D eigenvalue weighted by atomic mass is 9.39. The third-order valence-electron chi connectivity index (χ3n) is 21.6. The second-order valence-corrected chi connectivity index (χ2v) is 32.7. The molecule has 14 rings (SSSR count). The van der Waals surface area contributed by atoms with Gasteiger partial charge in [-0.2, -0.15) is 5.10 Å². The maximum Gasteiger partial charge on any atom is 0.355 e. The number of β-amino-alcohol motifs (C(OH)–C–C–N with tert-alkyl or cyclic N) is 1. The number of hydrogen-bond acceptors (Lipinski definition) is 18. The molecule has 4 aliphatic carbocycles. The summed E-state index contributed by atoms with van der Waals surface area (Å²) >= 11 is 3.14. The summed E-state index contributed by atoms with van der Waals surface area (Å²) < 4.78 is 10.4. The molecule has 4 amide bonds. The highest BCUT2D eigenvalue weighted by Gasteiger charge is 2.66. The quantitative estimate of drug-likeness (QED) is 0.0352. The number of fused-ring (bicyclic) bond motifs is 2. The van der Waals surface area contributed by atoms with E-state index in [1.807, 2.05) is 124 Å². The minimum atomic E-state index is -1.11. The average Bonchev–Trinajstić information content (AvgIpc) is 0.801. The molecule has 24 heteroatoms. The number of hydrogen-bond donors (Lipinski definition) is 5. The zero-order valence-electron chi connectivity index (χ0n) is 57.9. The largest absolute Gasteiger partial charge is 0.476 e. The molecule has 5 atom stereocenters. The molecule has 520 valence electrons. The van der Waals surface area contributed by atoms with Crippen molar-refractivity contribution < 1.29 is 38.9 Å². The Hall–Kier alpha value is -7.77. The number of pyridine rings is 1. The molecule has 2 aromatic carbocycles. The van der Waals surface area contributed by atoms with Crippen LogP contribution in [0.5, 0.6) is 0 Å². The van der Waals surface area contributed by atoms with Gasteiger partial charge in [0.05, 0.1) is 50.8 Å². The Morgan fingerprint density at radius 3 is 2.29 bits per heavy atom. The van der Waals surface area contributed by atoms with Crippen molar-refractivity contribution in [3.05, 3.63) is 106 Å². The van der Waals surface area contributed by atoms with Gasteiger partial charge >= 0.3 is 5.97 Å². The van der Waals surface area contributed by atoms with Gasteiger partial charge in [-0.15, -0.1) is 21.5 Å². The van der Waals surface area contributed by atoms with Crippen LogP contribution >= 0.6 is 22.7 Å². The van der Waals surface area contributed by atoms with E-state index in [2.05, 4.69) is 49.5 Å². The Morgan fingerprint density at radius 1 is 0.827 bits per heavy atom. The Kier molecular flexibility index (Phi) is 19.5. The van der Waals surface area contributed by atoms with Gasteiger partial charge in [0.25, 0.3) is 0 Å². The second kappa shape index (κ2) is 27.7. The first-order valence-corrected chi connectivity index (χ1v) is 36.8. The lowest BCUT2D eigenvalue weighted by Crippen LogP contribution is -2.64. The number of ether oxygens (including phenoxy) is 1. The minimum absolute atomic E-state index is 0.00738. The Morgan fingerprint density at radius 2 is 1.57 bits per heavy atom. The van der Waals surface area contributed by atoms with Gasteiger partial charge < -0.3 is 45.6 Å². The summed E-state index contributed by atoms with van der Waals surface area (Å²) in [5, 5.41) is 45.9. The molecule has 98 heavy (non-hydrogen) atoms. The van der Waals surface area contributed by atoms with E-state index in [0.717, 1.165) is 150 Å². The van der Waals surface area contributed by atoms with Crippen molar-refractivity contribution in [3.8, 4) is 21.6 Å². The van der Waals surface area contributed by atoms with Crippen LogP contribution in [0.1, 0.15) is 163 Å². The average molecular weight is 1370 g/mol. The van der Waals surface area contributed by atoms with Crippen LogP contribution in [0, 0.1) is 42.4 Å². The van der Waals surface area contributed by atoms with Gasteiger partial charge in [0.2, 0.25) is 23.6 Å². The van der Waals surface area contributed by atoms with Crippen LogP contribution in [-0.2, 0) is 43.4 Å². The molecule has 7 aliphatic rings. The normalized spacial score (nSPS) is 24.1. The number of nitrogens with zero attached hydrogens (tertiary/aromatic N) is 11. The number of aliphatic hydroxyl groups excluding tert-OH is 1. The van der Waals surface area contributed by atoms with Gasteiger partial charge in [0.15, 0.2) is 22.5 Å². The van der Waals surface area contributed by atoms with Crippen LogP contribution in [0.4, 0.5) is 22.6 Å². The Bertz CT molecular complexity index is 4080. The van der Waals surface area contributed by atoms with Crippen molar-refractivity contribution >= 4 is 85.1 Å². The number of nitrogens with one attached hydrogen (secondary N) is 3. The molecule has 2 saturated heterocycles. The Labute approximate surface area is 581 Å². The van der Waals surface area contributed by atoms with Crippen molar-refractivity contribution in [3.63, 3.8) is 0 Å². The number of amides is 4. The fraction of sp³-hybridized carbons (Fsp3) is 0.554. The second-order valence-electron chi connectivity index (χ2n) is 30.8. The maximum absolute atomic E-state index is 14.2. The zero-order chi connectivity index (χ0) is 68.9. The number of aliphatic hydroxyl groups is 1.